The molecule has 0 aromatic carbocycles. The van der Waals surface area contributed by atoms with Crippen molar-refractivity contribution in [2.75, 3.05) is 46.9 Å². The fourth-order valence-electron chi connectivity index (χ4n) is 3.76. The molecule has 2 N–H and O–H groups in total. The normalized spacial score (nSPS) is 24.0. The minimum absolute atomic E-state index is 0. The number of aliphatic imine (C=N–C) groups is 1. The maximum absolute atomic E-state index is 5.27. The van der Waals surface area contributed by atoms with Crippen molar-refractivity contribution in [3.8, 4) is 0 Å². The van der Waals surface area contributed by atoms with Gasteiger partial charge in [0.05, 0.1) is 0 Å². The van der Waals surface area contributed by atoms with E-state index >= 15 is 0 Å². The van der Waals surface area contributed by atoms with E-state index in [4.69, 9.17) is 4.74 Å². The van der Waals surface area contributed by atoms with E-state index in [2.05, 4.69) is 27.4 Å². The highest BCUT2D eigenvalue weighted by Crippen LogP contribution is 2.43. The third kappa shape index (κ3) is 6.05. The zero-order valence-corrected chi connectivity index (χ0v) is 17.4. The number of nitrogens with zero attached hydrogens (tertiary/aromatic N) is 2. The Balaban J connectivity index is 0.00000264. The second-order valence-corrected chi connectivity index (χ2v) is 6.83. The maximum atomic E-state index is 5.27. The van der Waals surface area contributed by atoms with Crippen molar-refractivity contribution < 1.29 is 4.74 Å². The summed E-state index contributed by atoms with van der Waals surface area (Å²) in [6, 6.07) is 0.662. The highest BCUT2D eigenvalue weighted by Gasteiger charge is 2.36. The van der Waals surface area contributed by atoms with Gasteiger partial charge in [0, 0.05) is 39.9 Å². The van der Waals surface area contributed by atoms with Gasteiger partial charge in [-0.1, -0.05) is 13.3 Å². The average Bonchev–Trinajstić information content (AvgIpc) is 2.96. The second kappa shape index (κ2) is 10.7. The standard InChI is InChI=1S/C17H34N4O.HI/c1-4-21-11-5-7-15(21)13-19-16(18-2)20-14-17(8-6-9-17)10-12-22-3;/h15H,4-14H2,1-3H3,(H2,18,19,20);1H. The third-order valence-corrected chi connectivity index (χ3v) is 5.52. The molecule has 1 unspecified atom stereocenters. The summed E-state index contributed by atoms with van der Waals surface area (Å²) in [5.41, 5.74) is 0.427. The predicted octanol–water partition coefficient (Wildman–Crippen LogP) is 2.46. The Morgan fingerprint density at radius 1 is 1.30 bits per heavy atom. The first-order valence-corrected chi connectivity index (χ1v) is 8.90. The molecule has 2 fully saturated rings. The highest BCUT2D eigenvalue weighted by molar-refractivity contribution is 14.0. The van der Waals surface area contributed by atoms with Gasteiger partial charge in [-0.05, 0) is 50.6 Å². The van der Waals surface area contributed by atoms with E-state index < -0.39 is 0 Å². The van der Waals surface area contributed by atoms with Gasteiger partial charge >= 0.3 is 0 Å². The number of ether oxygens (including phenoxy) is 1. The summed E-state index contributed by atoms with van der Waals surface area (Å²) in [5, 5.41) is 7.06. The van der Waals surface area contributed by atoms with Crippen molar-refractivity contribution in [2.24, 2.45) is 10.4 Å². The lowest BCUT2D eigenvalue weighted by Gasteiger charge is -2.42. The number of nitrogens with one attached hydrogen (secondary N) is 2. The van der Waals surface area contributed by atoms with Crippen molar-refractivity contribution in [1.82, 2.24) is 15.5 Å². The van der Waals surface area contributed by atoms with Crippen LogP contribution in [0.15, 0.2) is 4.99 Å². The number of hydrogen-bond acceptors (Lipinski definition) is 3. The average molecular weight is 438 g/mol. The summed E-state index contributed by atoms with van der Waals surface area (Å²) < 4.78 is 5.27. The zero-order chi connectivity index (χ0) is 15.8. The van der Waals surface area contributed by atoms with Crippen LogP contribution in [0.5, 0.6) is 0 Å². The van der Waals surface area contributed by atoms with E-state index in [-0.39, 0.29) is 24.0 Å². The first kappa shape index (κ1) is 21.0. The fourth-order valence-corrected chi connectivity index (χ4v) is 3.76. The Hall–Kier alpha value is -0.0800. The van der Waals surface area contributed by atoms with Crippen molar-refractivity contribution in [2.45, 2.75) is 51.5 Å². The Bertz CT molecular complexity index is 361. The Morgan fingerprint density at radius 2 is 2.09 bits per heavy atom. The van der Waals surface area contributed by atoms with E-state index in [1.807, 2.05) is 7.05 Å². The zero-order valence-electron chi connectivity index (χ0n) is 15.1. The van der Waals surface area contributed by atoms with Crippen LogP contribution >= 0.6 is 24.0 Å². The highest BCUT2D eigenvalue weighted by atomic mass is 127. The van der Waals surface area contributed by atoms with Crippen LogP contribution < -0.4 is 10.6 Å². The van der Waals surface area contributed by atoms with Crippen LogP contribution in [-0.2, 0) is 4.74 Å². The molecule has 0 bridgehead atoms. The third-order valence-electron chi connectivity index (χ3n) is 5.52. The van der Waals surface area contributed by atoms with Crippen LogP contribution in [0, 0.1) is 5.41 Å². The van der Waals surface area contributed by atoms with Gasteiger partial charge in [-0.15, -0.1) is 24.0 Å². The molecule has 2 rings (SSSR count). The van der Waals surface area contributed by atoms with Gasteiger partial charge in [0.2, 0.25) is 0 Å². The van der Waals surface area contributed by atoms with Crippen molar-refractivity contribution in [1.29, 1.82) is 0 Å². The largest absolute Gasteiger partial charge is 0.385 e. The van der Waals surface area contributed by atoms with Crippen LogP contribution in [0.2, 0.25) is 0 Å². The maximum Gasteiger partial charge on any atom is 0.191 e. The Labute approximate surface area is 159 Å². The number of hydrogen-bond donors (Lipinski definition) is 2. The molecule has 0 aromatic heterocycles. The molecule has 0 radical (unpaired) electrons. The van der Waals surface area contributed by atoms with Crippen LogP contribution in [0.1, 0.15) is 45.4 Å². The number of likely N-dealkylation sites (N-methyl/N-ethyl adjacent to an activating group) is 1. The molecule has 0 amide bonds. The van der Waals surface area contributed by atoms with Gasteiger partial charge in [-0.25, -0.2) is 0 Å². The summed E-state index contributed by atoms with van der Waals surface area (Å²) in [7, 11) is 3.66. The number of methoxy groups -OCH3 is 1. The van der Waals surface area contributed by atoms with Crippen LogP contribution in [0.4, 0.5) is 0 Å². The number of likely N-dealkylation sites (tertiary alicyclic amines) is 1. The van der Waals surface area contributed by atoms with E-state index in [1.165, 1.54) is 38.6 Å². The monoisotopic (exact) mass is 438 g/mol. The molecular formula is C17H35IN4O. The quantitative estimate of drug-likeness (QED) is 0.347. The summed E-state index contributed by atoms with van der Waals surface area (Å²) in [5.74, 6) is 0.951. The topological polar surface area (TPSA) is 48.9 Å². The molecule has 5 nitrogen and oxygen atoms in total. The van der Waals surface area contributed by atoms with Gasteiger partial charge in [0.25, 0.3) is 0 Å². The summed E-state index contributed by atoms with van der Waals surface area (Å²) in [4.78, 5) is 6.95. The van der Waals surface area contributed by atoms with Gasteiger partial charge < -0.3 is 15.4 Å². The molecule has 6 heteroatoms. The number of halogens is 1. The number of guanidine groups is 1. The van der Waals surface area contributed by atoms with Crippen molar-refractivity contribution in [3.63, 3.8) is 0 Å². The molecule has 1 aliphatic heterocycles. The Kier molecular flexibility index (Phi) is 9.77. The van der Waals surface area contributed by atoms with Crippen molar-refractivity contribution >= 4 is 29.9 Å². The lowest BCUT2D eigenvalue weighted by atomic mass is 9.67. The first-order valence-electron chi connectivity index (χ1n) is 8.90. The molecule has 0 spiro atoms. The summed E-state index contributed by atoms with van der Waals surface area (Å²) in [6.07, 6.45) is 7.76. The molecule has 23 heavy (non-hydrogen) atoms. The predicted molar refractivity (Wildman–Crippen MR) is 108 cm³/mol. The first-order chi connectivity index (χ1) is 10.7. The van der Waals surface area contributed by atoms with Gasteiger partial charge in [0.15, 0.2) is 5.96 Å². The Morgan fingerprint density at radius 3 is 2.65 bits per heavy atom. The van der Waals surface area contributed by atoms with Crippen LogP contribution in [0.3, 0.4) is 0 Å². The van der Waals surface area contributed by atoms with Gasteiger partial charge in [-0.3, -0.25) is 9.89 Å². The minimum atomic E-state index is 0. The molecular weight excluding hydrogens is 403 g/mol. The van der Waals surface area contributed by atoms with E-state index in [1.54, 1.807) is 7.11 Å². The molecule has 0 aromatic rings. The molecule has 1 atom stereocenters. The molecule has 136 valence electrons. The van der Waals surface area contributed by atoms with Gasteiger partial charge in [-0.2, -0.15) is 0 Å². The minimum Gasteiger partial charge on any atom is -0.385 e. The number of rotatable bonds is 8. The SMILES string of the molecule is CCN1CCCC1CNC(=NC)NCC1(CCOC)CCC1.I. The molecule has 1 heterocycles. The lowest BCUT2D eigenvalue weighted by molar-refractivity contribution is 0.0732. The summed E-state index contributed by atoms with van der Waals surface area (Å²) >= 11 is 0. The molecule has 1 aliphatic carbocycles. The van der Waals surface area contributed by atoms with E-state index in [0.29, 0.717) is 11.5 Å². The fraction of sp³-hybridized carbons (Fsp3) is 0.941. The second-order valence-electron chi connectivity index (χ2n) is 6.83. The molecule has 1 saturated carbocycles. The van der Waals surface area contributed by atoms with E-state index in [9.17, 15) is 0 Å². The smallest absolute Gasteiger partial charge is 0.191 e. The molecule has 2 aliphatic rings. The molecule has 1 saturated heterocycles. The van der Waals surface area contributed by atoms with Crippen LogP contribution in [-0.4, -0.2) is 63.8 Å². The van der Waals surface area contributed by atoms with Gasteiger partial charge in [0.1, 0.15) is 0 Å². The summed E-state index contributed by atoms with van der Waals surface area (Å²) in [6.45, 7) is 7.52. The van der Waals surface area contributed by atoms with Crippen LogP contribution in [0.25, 0.3) is 0 Å². The van der Waals surface area contributed by atoms with Crippen molar-refractivity contribution in [3.05, 3.63) is 0 Å². The lowest BCUT2D eigenvalue weighted by Crippen LogP contribution is -2.49. The van der Waals surface area contributed by atoms with E-state index in [0.717, 1.165) is 38.6 Å².